The van der Waals surface area contributed by atoms with Crippen molar-refractivity contribution in [3.8, 4) is 0 Å². The number of halogens is 4. The molecule has 0 aliphatic carbocycles. The Hall–Kier alpha value is -1.17. The molecule has 1 rings (SSSR count). The second-order valence-corrected chi connectivity index (χ2v) is 3.99. The Kier molecular flexibility index (Phi) is 4.08. The Morgan fingerprint density at radius 2 is 2.00 bits per heavy atom. The van der Waals surface area contributed by atoms with E-state index in [0.29, 0.717) is 6.29 Å². The smallest absolute Gasteiger partial charge is 0.298 e. The van der Waals surface area contributed by atoms with E-state index in [1.165, 1.54) is 6.92 Å². The summed E-state index contributed by atoms with van der Waals surface area (Å²) >= 11 is 2.82. The summed E-state index contributed by atoms with van der Waals surface area (Å²) in [6.07, 6.45) is -4.20. The van der Waals surface area contributed by atoms with Crippen molar-refractivity contribution in [3.05, 3.63) is 34.4 Å². The fraction of sp³-hybridized carbons (Fsp3) is 0.273. The highest BCUT2D eigenvalue weighted by molar-refractivity contribution is 9.09. The van der Waals surface area contributed by atoms with Crippen LogP contribution in [0.5, 0.6) is 0 Å². The molecule has 2 nitrogen and oxygen atoms in total. The number of aryl methyl sites for hydroxylation is 1. The lowest BCUT2D eigenvalue weighted by Crippen LogP contribution is -2.16. The van der Waals surface area contributed by atoms with E-state index in [-0.39, 0.29) is 16.5 Å². The molecule has 0 heterocycles. The van der Waals surface area contributed by atoms with Crippen LogP contribution in [-0.4, -0.2) is 17.4 Å². The molecular formula is C11H8BrF3O2. The number of Topliss-reactive ketones (excluding diaryl/α,β-unsaturated/α-hetero) is 1. The van der Waals surface area contributed by atoms with E-state index in [0.717, 1.165) is 12.1 Å². The molecule has 1 aromatic rings. The highest BCUT2D eigenvalue weighted by Crippen LogP contribution is 2.35. The van der Waals surface area contributed by atoms with Crippen LogP contribution >= 0.6 is 15.9 Å². The monoisotopic (exact) mass is 308 g/mol. The summed E-state index contributed by atoms with van der Waals surface area (Å²) in [4.78, 5) is 22.0. The largest absolute Gasteiger partial charge is 0.417 e. The van der Waals surface area contributed by atoms with Crippen molar-refractivity contribution < 1.29 is 22.8 Å². The molecule has 92 valence electrons. The number of carbonyl (C=O) groups excluding carboxylic acids is 2. The average molecular weight is 309 g/mol. The molecule has 0 fully saturated rings. The maximum Gasteiger partial charge on any atom is 0.417 e. The molecule has 0 atom stereocenters. The molecule has 0 unspecified atom stereocenters. The second-order valence-electron chi connectivity index (χ2n) is 3.43. The minimum absolute atomic E-state index is 0.0554. The van der Waals surface area contributed by atoms with Gasteiger partial charge in [0.25, 0.3) is 0 Å². The van der Waals surface area contributed by atoms with Crippen molar-refractivity contribution in [1.82, 2.24) is 0 Å². The normalized spacial score (nSPS) is 11.4. The second kappa shape index (κ2) is 5.00. The average Bonchev–Trinajstić information content (AvgIpc) is 2.24. The van der Waals surface area contributed by atoms with Gasteiger partial charge in [-0.15, -0.1) is 0 Å². The van der Waals surface area contributed by atoms with Gasteiger partial charge in [-0.1, -0.05) is 15.9 Å². The maximum absolute atomic E-state index is 12.8. The van der Waals surface area contributed by atoms with Gasteiger partial charge in [0.05, 0.1) is 10.9 Å². The number of ketones is 1. The van der Waals surface area contributed by atoms with Gasteiger partial charge < -0.3 is 0 Å². The third-order valence-electron chi connectivity index (χ3n) is 2.20. The van der Waals surface area contributed by atoms with Crippen molar-refractivity contribution in [2.75, 3.05) is 5.33 Å². The third kappa shape index (κ3) is 2.94. The molecule has 0 saturated carbocycles. The fourth-order valence-electron chi connectivity index (χ4n) is 1.55. The van der Waals surface area contributed by atoms with Gasteiger partial charge >= 0.3 is 6.18 Å². The zero-order chi connectivity index (χ0) is 13.2. The maximum atomic E-state index is 12.8. The quantitative estimate of drug-likeness (QED) is 0.487. The van der Waals surface area contributed by atoms with E-state index in [2.05, 4.69) is 15.9 Å². The Balaban J connectivity index is 3.56. The molecule has 0 N–H and O–H groups in total. The summed E-state index contributed by atoms with van der Waals surface area (Å²) < 4.78 is 38.4. The van der Waals surface area contributed by atoms with Gasteiger partial charge in [0.15, 0.2) is 5.78 Å². The van der Waals surface area contributed by atoms with Gasteiger partial charge in [-0.3, -0.25) is 9.59 Å². The van der Waals surface area contributed by atoms with Crippen LogP contribution in [0.15, 0.2) is 12.1 Å². The summed E-state index contributed by atoms with van der Waals surface area (Å²) in [5, 5.41) is -0.224. The van der Waals surface area contributed by atoms with Crippen molar-refractivity contribution in [2.45, 2.75) is 13.1 Å². The Bertz CT molecular complexity index is 467. The van der Waals surface area contributed by atoms with Crippen molar-refractivity contribution in [1.29, 1.82) is 0 Å². The highest BCUT2D eigenvalue weighted by Gasteiger charge is 2.36. The zero-order valence-electron chi connectivity index (χ0n) is 8.77. The van der Waals surface area contributed by atoms with Crippen LogP contribution in [0.1, 0.15) is 31.8 Å². The van der Waals surface area contributed by atoms with Gasteiger partial charge in [0.2, 0.25) is 0 Å². The van der Waals surface area contributed by atoms with E-state index in [1.807, 2.05) is 0 Å². The van der Waals surface area contributed by atoms with Gasteiger partial charge in [0.1, 0.15) is 6.29 Å². The van der Waals surface area contributed by atoms with Crippen LogP contribution in [-0.2, 0) is 6.18 Å². The van der Waals surface area contributed by atoms with Crippen LogP contribution in [0.4, 0.5) is 13.2 Å². The first kappa shape index (κ1) is 13.9. The summed E-state index contributed by atoms with van der Waals surface area (Å²) in [7, 11) is 0. The number of rotatable bonds is 3. The Morgan fingerprint density at radius 1 is 1.41 bits per heavy atom. The fourth-order valence-corrected chi connectivity index (χ4v) is 1.85. The van der Waals surface area contributed by atoms with E-state index in [4.69, 9.17) is 0 Å². The number of hydrogen-bond acceptors (Lipinski definition) is 2. The van der Waals surface area contributed by atoms with E-state index in [1.54, 1.807) is 0 Å². The van der Waals surface area contributed by atoms with E-state index in [9.17, 15) is 22.8 Å². The highest BCUT2D eigenvalue weighted by atomic mass is 79.9. The molecule has 17 heavy (non-hydrogen) atoms. The Labute approximate surface area is 104 Å². The minimum atomic E-state index is -4.61. The van der Waals surface area contributed by atoms with Crippen molar-refractivity contribution in [2.24, 2.45) is 0 Å². The first-order chi connectivity index (χ1) is 7.81. The summed E-state index contributed by atoms with van der Waals surface area (Å²) in [5.74, 6) is -0.705. The van der Waals surface area contributed by atoms with Crippen LogP contribution in [0.3, 0.4) is 0 Å². The number of hydrogen-bond donors (Lipinski definition) is 0. The van der Waals surface area contributed by atoms with Gasteiger partial charge in [-0.2, -0.15) is 13.2 Å². The molecule has 0 saturated heterocycles. The van der Waals surface area contributed by atoms with Gasteiger partial charge in [0, 0.05) is 11.1 Å². The standard InChI is InChI=1S/C11H8BrF3O2/c1-6-2-7(5-16)3-8(9(17)4-12)10(6)11(13,14)15/h2-3,5H,4H2,1H3. The van der Waals surface area contributed by atoms with E-state index >= 15 is 0 Å². The molecule has 6 heteroatoms. The lowest BCUT2D eigenvalue weighted by Gasteiger charge is -2.15. The molecule has 0 amide bonds. The number of benzene rings is 1. The molecule has 0 aromatic heterocycles. The number of alkyl halides is 4. The summed E-state index contributed by atoms with van der Waals surface area (Å²) in [6.45, 7) is 1.22. The summed E-state index contributed by atoms with van der Waals surface area (Å²) in [5.41, 5.74) is -1.53. The lowest BCUT2D eigenvalue weighted by atomic mass is 9.96. The molecule has 0 aliphatic heterocycles. The van der Waals surface area contributed by atoms with Crippen LogP contribution < -0.4 is 0 Å². The van der Waals surface area contributed by atoms with Crippen molar-refractivity contribution in [3.63, 3.8) is 0 Å². The molecule has 0 bridgehead atoms. The predicted molar refractivity (Wildman–Crippen MR) is 59.7 cm³/mol. The zero-order valence-corrected chi connectivity index (χ0v) is 10.4. The van der Waals surface area contributed by atoms with Crippen LogP contribution in [0.2, 0.25) is 0 Å². The van der Waals surface area contributed by atoms with Gasteiger partial charge in [-0.25, -0.2) is 0 Å². The third-order valence-corrected chi connectivity index (χ3v) is 2.71. The van der Waals surface area contributed by atoms with Crippen molar-refractivity contribution >= 4 is 28.0 Å². The number of carbonyl (C=O) groups is 2. The Morgan fingerprint density at radius 3 is 2.41 bits per heavy atom. The predicted octanol–water partition coefficient (Wildman–Crippen LogP) is 3.40. The molecular weight excluding hydrogens is 301 g/mol. The summed E-state index contributed by atoms with van der Waals surface area (Å²) in [6, 6.07) is 2.08. The molecule has 0 radical (unpaired) electrons. The molecule has 0 aliphatic rings. The first-order valence-corrected chi connectivity index (χ1v) is 5.69. The van der Waals surface area contributed by atoms with Crippen LogP contribution in [0.25, 0.3) is 0 Å². The minimum Gasteiger partial charge on any atom is -0.298 e. The molecule has 0 spiro atoms. The SMILES string of the molecule is Cc1cc(C=O)cc(C(=O)CBr)c1C(F)(F)F. The number of aldehydes is 1. The first-order valence-electron chi connectivity index (χ1n) is 4.57. The topological polar surface area (TPSA) is 34.1 Å². The van der Waals surface area contributed by atoms with E-state index < -0.39 is 23.1 Å². The lowest BCUT2D eigenvalue weighted by molar-refractivity contribution is -0.138. The van der Waals surface area contributed by atoms with Gasteiger partial charge in [-0.05, 0) is 24.6 Å². The van der Waals surface area contributed by atoms with Crippen LogP contribution in [0, 0.1) is 6.92 Å². The molecule has 1 aromatic carbocycles.